The van der Waals surface area contributed by atoms with E-state index in [1.54, 1.807) is 14.2 Å². The van der Waals surface area contributed by atoms with Gasteiger partial charge in [-0.3, -0.25) is 0 Å². The van der Waals surface area contributed by atoms with Gasteiger partial charge in [-0.2, -0.15) is 0 Å². The smallest absolute Gasteiger partial charge is 0.195 e. The van der Waals surface area contributed by atoms with Gasteiger partial charge in [0.1, 0.15) is 0 Å². The number of nitrogens with one attached hydrogen (secondary N) is 2. The highest BCUT2D eigenvalue weighted by molar-refractivity contribution is 14.0. The predicted octanol–water partition coefficient (Wildman–Crippen LogP) is 3.28. The Kier molecular flexibility index (Phi) is 10.8. The van der Waals surface area contributed by atoms with E-state index in [4.69, 9.17) is 23.9 Å². The molecule has 1 fully saturated rings. The number of rotatable bonds is 8. The SMILES string of the molecule is CCNC(=NCC1(OC)CCOCC1)Nc1ccc(OC)c(OCC)c1.I. The Balaban J connectivity index is 0.00000364. The second-order valence-electron chi connectivity index (χ2n) is 6.12. The van der Waals surface area contributed by atoms with Gasteiger partial charge in [0.15, 0.2) is 17.5 Å². The number of hydrogen-bond acceptors (Lipinski definition) is 5. The number of anilines is 1. The predicted molar refractivity (Wildman–Crippen MR) is 119 cm³/mol. The summed E-state index contributed by atoms with van der Waals surface area (Å²) >= 11 is 0. The Labute approximate surface area is 179 Å². The zero-order valence-corrected chi connectivity index (χ0v) is 19.0. The molecule has 0 aromatic heterocycles. The number of hydrogen-bond donors (Lipinski definition) is 2. The molecule has 154 valence electrons. The highest BCUT2D eigenvalue weighted by Gasteiger charge is 2.32. The molecule has 1 aliphatic rings. The number of nitrogens with zero attached hydrogens (tertiary/aromatic N) is 1. The quantitative estimate of drug-likeness (QED) is 0.329. The summed E-state index contributed by atoms with van der Waals surface area (Å²) in [6.07, 6.45) is 1.70. The molecule has 1 aliphatic heterocycles. The summed E-state index contributed by atoms with van der Waals surface area (Å²) in [6, 6.07) is 5.73. The summed E-state index contributed by atoms with van der Waals surface area (Å²) in [6.45, 7) is 7.33. The van der Waals surface area contributed by atoms with E-state index < -0.39 is 0 Å². The molecule has 0 saturated carbocycles. The summed E-state index contributed by atoms with van der Waals surface area (Å²) in [5.74, 6) is 2.12. The lowest BCUT2D eigenvalue weighted by Gasteiger charge is -2.34. The van der Waals surface area contributed by atoms with Crippen LogP contribution in [-0.4, -0.2) is 58.7 Å². The van der Waals surface area contributed by atoms with Crippen LogP contribution in [0.5, 0.6) is 11.5 Å². The van der Waals surface area contributed by atoms with Crippen molar-refractivity contribution in [1.29, 1.82) is 0 Å². The minimum Gasteiger partial charge on any atom is -0.493 e. The van der Waals surface area contributed by atoms with Crippen LogP contribution in [0, 0.1) is 0 Å². The maximum atomic E-state index is 5.76. The molecule has 0 aliphatic carbocycles. The lowest BCUT2D eigenvalue weighted by Crippen LogP contribution is -2.42. The molecule has 1 heterocycles. The number of ether oxygens (including phenoxy) is 4. The van der Waals surface area contributed by atoms with Crippen LogP contribution < -0.4 is 20.1 Å². The first-order valence-corrected chi connectivity index (χ1v) is 9.15. The molecule has 27 heavy (non-hydrogen) atoms. The van der Waals surface area contributed by atoms with Gasteiger partial charge in [-0.05, 0) is 26.0 Å². The van der Waals surface area contributed by atoms with Gasteiger partial charge in [-0.1, -0.05) is 0 Å². The summed E-state index contributed by atoms with van der Waals surface area (Å²) in [5, 5.41) is 6.60. The minimum absolute atomic E-state index is 0. The molecule has 1 aromatic carbocycles. The molecule has 0 bridgehead atoms. The fraction of sp³-hybridized carbons (Fsp3) is 0.632. The van der Waals surface area contributed by atoms with Crippen LogP contribution in [0.2, 0.25) is 0 Å². The summed E-state index contributed by atoms with van der Waals surface area (Å²) in [7, 11) is 3.38. The highest BCUT2D eigenvalue weighted by atomic mass is 127. The van der Waals surface area contributed by atoms with Gasteiger partial charge >= 0.3 is 0 Å². The van der Waals surface area contributed by atoms with Crippen molar-refractivity contribution in [3.8, 4) is 11.5 Å². The number of aliphatic imine (C=N–C) groups is 1. The third kappa shape index (κ3) is 7.00. The van der Waals surface area contributed by atoms with Gasteiger partial charge in [-0.25, -0.2) is 4.99 Å². The van der Waals surface area contributed by atoms with Crippen molar-refractivity contribution in [2.24, 2.45) is 4.99 Å². The van der Waals surface area contributed by atoms with Gasteiger partial charge in [0, 0.05) is 51.5 Å². The number of methoxy groups -OCH3 is 2. The van der Waals surface area contributed by atoms with Crippen LogP contribution in [0.3, 0.4) is 0 Å². The van der Waals surface area contributed by atoms with E-state index in [2.05, 4.69) is 10.6 Å². The fourth-order valence-electron chi connectivity index (χ4n) is 2.86. The molecule has 1 aromatic rings. The molecule has 8 heteroatoms. The average molecular weight is 493 g/mol. The molecule has 2 N–H and O–H groups in total. The van der Waals surface area contributed by atoms with Gasteiger partial charge in [0.05, 0.1) is 25.9 Å². The van der Waals surface area contributed by atoms with E-state index in [1.165, 1.54) is 0 Å². The molecular weight excluding hydrogens is 461 g/mol. The zero-order chi connectivity index (χ0) is 18.8. The summed E-state index contributed by atoms with van der Waals surface area (Å²) < 4.78 is 22.2. The second kappa shape index (κ2) is 12.2. The van der Waals surface area contributed by atoms with Crippen LogP contribution in [0.15, 0.2) is 23.2 Å². The van der Waals surface area contributed by atoms with Gasteiger partial charge in [-0.15, -0.1) is 24.0 Å². The Hall–Kier alpha value is -1.26. The van der Waals surface area contributed by atoms with E-state index in [0.717, 1.165) is 25.1 Å². The van der Waals surface area contributed by atoms with E-state index in [9.17, 15) is 0 Å². The van der Waals surface area contributed by atoms with Crippen LogP contribution in [0.1, 0.15) is 26.7 Å². The third-order valence-electron chi connectivity index (χ3n) is 4.43. The molecule has 0 atom stereocenters. The van der Waals surface area contributed by atoms with Crippen LogP contribution in [0.4, 0.5) is 5.69 Å². The first-order chi connectivity index (χ1) is 12.7. The topological polar surface area (TPSA) is 73.3 Å². The van der Waals surface area contributed by atoms with Crippen molar-refractivity contribution in [1.82, 2.24) is 5.32 Å². The first kappa shape index (κ1) is 23.8. The van der Waals surface area contributed by atoms with Crippen molar-refractivity contribution < 1.29 is 18.9 Å². The largest absolute Gasteiger partial charge is 0.493 e. The molecule has 0 spiro atoms. The lowest BCUT2D eigenvalue weighted by molar-refractivity contribution is -0.0828. The molecule has 0 radical (unpaired) electrons. The van der Waals surface area contributed by atoms with Crippen LogP contribution >= 0.6 is 24.0 Å². The Morgan fingerprint density at radius 3 is 2.52 bits per heavy atom. The normalized spacial score (nSPS) is 16.2. The lowest BCUT2D eigenvalue weighted by atomic mass is 9.94. The van der Waals surface area contributed by atoms with Crippen molar-refractivity contribution >= 4 is 35.6 Å². The number of halogens is 1. The molecule has 1 saturated heterocycles. The number of guanidine groups is 1. The molecule has 2 rings (SSSR count). The van der Waals surface area contributed by atoms with E-state index in [-0.39, 0.29) is 29.6 Å². The first-order valence-electron chi connectivity index (χ1n) is 9.15. The monoisotopic (exact) mass is 493 g/mol. The second-order valence-corrected chi connectivity index (χ2v) is 6.12. The van der Waals surface area contributed by atoms with Crippen molar-refractivity contribution in [3.05, 3.63) is 18.2 Å². The Morgan fingerprint density at radius 2 is 1.93 bits per heavy atom. The standard InChI is InChI=1S/C19H31N3O4.HI/c1-5-20-18(21-14-19(24-4)9-11-25-12-10-19)22-15-7-8-16(23-3)17(13-15)26-6-2;/h7-8,13H,5-6,9-12,14H2,1-4H3,(H2,20,21,22);1H. The molecule has 0 amide bonds. The summed E-state index contributed by atoms with van der Waals surface area (Å²) in [4.78, 5) is 4.74. The highest BCUT2D eigenvalue weighted by Crippen LogP contribution is 2.30. The average Bonchev–Trinajstić information content (AvgIpc) is 2.67. The fourth-order valence-corrected chi connectivity index (χ4v) is 2.86. The number of benzene rings is 1. The van der Waals surface area contributed by atoms with Gasteiger partial charge < -0.3 is 29.6 Å². The van der Waals surface area contributed by atoms with Gasteiger partial charge in [0.25, 0.3) is 0 Å². The van der Waals surface area contributed by atoms with Crippen molar-refractivity contribution in [2.45, 2.75) is 32.3 Å². The molecular formula is C19H32IN3O4. The summed E-state index contributed by atoms with van der Waals surface area (Å²) in [5.41, 5.74) is 0.629. The maximum Gasteiger partial charge on any atom is 0.195 e. The minimum atomic E-state index is -0.253. The third-order valence-corrected chi connectivity index (χ3v) is 4.43. The van der Waals surface area contributed by atoms with Crippen LogP contribution in [0.25, 0.3) is 0 Å². The van der Waals surface area contributed by atoms with Crippen LogP contribution in [-0.2, 0) is 9.47 Å². The van der Waals surface area contributed by atoms with E-state index in [1.807, 2.05) is 32.0 Å². The van der Waals surface area contributed by atoms with Gasteiger partial charge in [0.2, 0.25) is 0 Å². The van der Waals surface area contributed by atoms with E-state index >= 15 is 0 Å². The Morgan fingerprint density at radius 1 is 1.19 bits per heavy atom. The Bertz CT molecular complexity index is 592. The maximum absolute atomic E-state index is 5.76. The molecule has 0 unspecified atom stereocenters. The molecule has 7 nitrogen and oxygen atoms in total. The van der Waals surface area contributed by atoms with Crippen molar-refractivity contribution in [3.63, 3.8) is 0 Å². The van der Waals surface area contributed by atoms with E-state index in [0.29, 0.717) is 43.8 Å². The zero-order valence-electron chi connectivity index (χ0n) is 16.7. The van der Waals surface area contributed by atoms with Crippen molar-refractivity contribution in [2.75, 3.05) is 52.4 Å².